The maximum atomic E-state index is 11.1. The van der Waals surface area contributed by atoms with Crippen molar-refractivity contribution >= 4 is 11.3 Å². The van der Waals surface area contributed by atoms with E-state index in [0.29, 0.717) is 13.0 Å². The third-order valence-corrected chi connectivity index (χ3v) is 2.16. The number of aryl methyl sites for hydroxylation is 2. The minimum Gasteiger partial charge on any atom is -0.255 e. The van der Waals surface area contributed by atoms with Crippen molar-refractivity contribution in [2.75, 3.05) is 0 Å². The molecular weight excluding hydrogens is 172 g/mol. The quantitative estimate of drug-likeness (QED) is 0.517. The SMILES string of the molecule is C#CCCCn1nc(C)sc1=O. The molecule has 0 aliphatic carbocycles. The van der Waals surface area contributed by atoms with Gasteiger partial charge in [0.05, 0.1) is 0 Å². The van der Waals surface area contributed by atoms with Crippen molar-refractivity contribution in [3.8, 4) is 12.3 Å². The van der Waals surface area contributed by atoms with E-state index in [0.717, 1.165) is 11.4 Å². The topological polar surface area (TPSA) is 34.9 Å². The van der Waals surface area contributed by atoms with Gasteiger partial charge in [0.1, 0.15) is 5.01 Å². The molecule has 0 atom stereocenters. The Bertz CT molecular complexity index is 345. The van der Waals surface area contributed by atoms with E-state index in [4.69, 9.17) is 6.42 Å². The Kier molecular flexibility index (Phi) is 3.06. The monoisotopic (exact) mass is 182 g/mol. The predicted molar refractivity (Wildman–Crippen MR) is 49.2 cm³/mol. The number of hydrogen-bond acceptors (Lipinski definition) is 3. The molecule has 0 spiro atoms. The van der Waals surface area contributed by atoms with Crippen LogP contribution in [-0.4, -0.2) is 9.78 Å². The lowest BCUT2D eigenvalue weighted by atomic mass is 10.3. The fraction of sp³-hybridized carbons (Fsp3) is 0.500. The summed E-state index contributed by atoms with van der Waals surface area (Å²) in [6, 6.07) is 0. The van der Waals surface area contributed by atoms with E-state index in [-0.39, 0.29) is 4.87 Å². The van der Waals surface area contributed by atoms with E-state index in [1.807, 2.05) is 6.92 Å². The first-order valence-corrected chi connectivity index (χ1v) is 4.53. The molecule has 0 amide bonds. The Hall–Kier alpha value is -1.08. The van der Waals surface area contributed by atoms with Crippen molar-refractivity contribution in [1.82, 2.24) is 9.78 Å². The molecule has 0 radical (unpaired) electrons. The standard InChI is InChI=1S/C8H10N2OS/c1-3-4-5-6-10-8(11)12-7(2)9-10/h1H,4-6H2,2H3. The van der Waals surface area contributed by atoms with Gasteiger partial charge < -0.3 is 0 Å². The van der Waals surface area contributed by atoms with Crippen LogP contribution in [-0.2, 0) is 6.54 Å². The van der Waals surface area contributed by atoms with Crippen LogP contribution in [0, 0.1) is 19.3 Å². The van der Waals surface area contributed by atoms with Crippen molar-refractivity contribution < 1.29 is 0 Å². The number of rotatable bonds is 3. The minimum atomic E-state index is 0.00419. The van der Waals surface area contributed by atoms with Crippen molar-refractivity contribution in [2.45, 2.75) is 26.3 Å². The second-order valence-electron chi connectivity index (χ2n) is 2.42. The average molecular weight is 182 g/mol. The molecule has 0 saturated heterocycles. The van der Waals surface area contributed by atoms with Gasteiger partial charge in [0.2, 0.25) is 0 Å². The highest BCUT2D eigenvalue weighted by Gasteiger charge is 2.00. The lowest BCUT2D eigenvalue weighted by molar-refractivity contribution is 0.569. The molecule has 0 saturated carbocycles. The molecule has 0 unspecified atom stereocenters. The van der Waals surface area contributed by atoms with Gasteiger partial charge in [-0.1, -0.05) is 11.3 Å². The summed E-state index contributed by atoms with van der Waals surface area (Å²) >= 11 is 1.17. The van der Waals surface area contributed by atoms with Crippen LogP contribution in [0.4, 0.5) is 0 Å². The molecule has 1 heterocycles. The van der Waals surface area contributed by atoms with Crippen molar-refractivity contribution in [2.24, 2.45) is 0 Å². The van der Waals surface area contributed by atoms with Crippen LogP contribution in [0.25, 0.3) is 0 Å². The summed E-state index contributed by atoms with van der Waals surface area (Å²) in [6.07, 6.45) is 6.60. The number of terminal acetylenes is 1. The fourth-order valence-electron chi connectivity index (χ4n) is 0.882. The molecule has 0 aliphatic heterocycles. The van der Waals surface area contributed by atoms with Crippen LogP contribution in [0.2, 0.25) is 0 Å². The highest BCUT2D eigenvalue weighted by atomic mass is 32.1. The second-order valence-corrected chi connectivity index (χ2v) is 3.56. The van der Waals surface area contributed by atoms with E-state index in [2.05, 4.69) is 11.0 Å². The zero-order valence-electron chi connectivity index (χ0n) is 6.91. The second kappa shape index (κ2) is 4.07. The predicted octanol–water partition coefficient (Wildman–Crippen LogP) is 1.03. The normalized spacial score (nSPS) is 9.67. The largest absolute Gasteiger partial charge is 0.325 e. The van der Waals surface area contributed by atoms with Crippen molar-refractivity contribution in [3.05, 3.63) is 14.7 Å². The molecule has 1 aromatic heterocycles. The lowest BCUT2D eigenvalue weighted by Crippen LogP contribution is -2.14. The molecule has 1 rings (SSSR count). The highest BCUT2D eigenvalue weighted by Crippen LogP contribution is 1.96. The highest BCUT2D eigenvalue weighted by molar-refractivity contribution is 7.08. The van der Waals surface area contributed by atoms with Gasteiger partial charge in [-0.25, -0.2) is 4.68 Å². The first-order chi connectivity index (χ1) is 5.74. The van der Waals surface area contributed by atoms with Gasteiger partial charge >= 0.3 is 4.87 Å². The molecule has 0 bridgehead atoms. The molecule has 4 heteroatoms. The number of hydrogen-bond donors (Lipinski definition) is 0. The summed E-state index contributed by atoms with van der Waals surface area (Å²) in [7, 11) is 0. The summed E-state index contributed by atoms with van der Waals surface area (Å²) < 4.78 is 1.47. The molecular formula is C8H10N2OS. The zero-order chi connectivity index (χ0) is 8.97. The Balaban J connectivity index is 2.58. The molecule has 12 heavy (non-hydrogen) atoms. The lowest BCUT2D eigenvalue weighted by Gasteiger charge is -1.94. The summed E-state index contributed by atoms with van der Waals surface area (Å²) in [5.41, 5.74) is 0. The van der Waals surface area contributed by atoms with Crippen molar-refractivity contribution in [3.63, 3.8) is 0 Å². The molecule has 1 aromatic rings. The minimum absolute atomic E-state index is 0.00419. The van der Waals surface area contributed by atoms with E-state index in [1.54, 1.807) is 0 Å². The zero-order valence-corrected chi connectivity index (χ0v) is 7.73. The molecule has 0 N–H and O–H groups in total. The third-order valence-electron chi connectivity index (χ3n) is 1.40. The van der Waals surface area contributed by atoms with E-state index in [1.165, 1.54) is 16.0 Å². The van der Waals surface area contributed by atoms with E-state index in [9.17, 15) is 4.79 Å². The Morgan fingerprint density at radius 2 is 2.50 bits per heavy atom. The molecule has 0 fully saturated rings. The van der Waals surface area contributed by atoms with Crippen LogP contribution in [0.1, 0.15) is 17.8 Å². The van der Waals surface area contributed by atoms with Gasteiger partial charge in [-0.3, -0.25) is 4.79 Å². The number of aromatic nitrogens is 2. The van der Waals surface area contributed by atoms with Gasteiger partial charge in [-0.2, -0.15) is 5.10 Å². The Morgan fingerprint density at radius 3 is 3.00 bits per heavy atom. The van der Waals surface area contributed by atoms with Crippen LogP contribution < -0.4 is 4.87 Å². The Morgan fingerprint density at radius 1 is 1.75 bits per heavy atom. The van der Waals surface area contributed by atoms with Gasteiger partial charge in [0.15, 0.2) is 0 Å². The summed E-state index contributed by atoms with van der Waals surface area (Å²) in [5.74, 6) is 2.52. The van der Waals surface area contributed by atoms with Gasteiger partial charge in [0, 0.05) is 13.0 Å². The van der Waals surface area contributed by atoms with Crippen LogP contribution in [0.15, 0.2) is 4.79 Å². The number of unbranched alkanes of at least 4 members (excludes halogenated alkanes) is 1. The summed E-state index contributed by atoms with van der Waals surface area (Å²) in [6.45, 7) is 2.46. The van der Waals surface area contributed by atoms with Gasteiger partial charge in [-0.05, 0) is 13.3 Å². The van der Waals surface area contributed by atoms with Crippen molar-refractivity contribution in [1.29, 1.82) is 0 Å². The Labute approximate surface area is 75.0 Å². The molecule has 0 aliphatic rings. The van der Waals surface area contributed by atoms with Gasteiger partial charge in [0.25, 0.3) is 0 Å². The smallest absolute Gasteiger partial charge is 0.255 e. The van der Waals surface area contributed by atoms with E-state index < -0.39 is 0 Å². The number of nitrogens with zero attached hydrogens (tertiary/aromatic N) is 2. The molecule has 0 aromatic carbocycles. The van der Waals surface area contributed by atoms with E-state index >= 15 is 0 Å². The first-order valence-electron chi connectivity index (χ1n) is 3.72. The van der Waals surface area contributed by atoms with Crippen LogP contribution in [0.3, 0.4) is 0 Å². The van der Waals surface area contributed by atoms with Gasteiger partial charge in [-0.15, -0.1) is 12.3 Å². The fourth-order valence-corrected chi connectivity index (χ4v) is 1.51. The average Bonchev–Trinajstić information content (AvgIpc) is 2.31. The molecule has 64 valence electrons. The summed E-state index contributed by atoms with van der Waals surface area (Å²) in [5, 5.41) is 4.84. The molecule has 3 nitrogen and oxygen atoms in total. The maximum absolute atomic E-state index is 11.1. The third kappa shape index (κ3) is 2.21. The first kappa shape index (κ1) is 9.01. The maximum Gasteiger partial charge on any atom is 0.325 e. The van der Waals surface area contributed by atoms with Crippen LogP contribution >= 0.6 is 11.3 Å². The summed E-state index contributed by atoms with van der Waals surface area (Å²) in [4.78, 5) is 11.1. The van der Waals surface area contributed by atoms with Crippen LogP contribution in [0.5, 0.6) is 0 Å².